The summed E-state index contributed by atoms with van der Waals surface area (Å²) in [5, 5.41) is 0. The Hall–Kier alpha value is -0.950. The average Bonchev–Trinajstić information content (AvgIpc) is 2.39. The third kappa shape index (κ3) is 10.6. The Morgan fingerprint density at radius 3 is 1.58 bits per heavy atom. The lowest BCUT2D eigenvalue weighted by Crippen LogP contribution is -2.11. The molecule has 19 heavy (non-hydrogen) atoms. The molecule has 0 aliphatic carbocycles. The van der Waals surface area contributed by atoms with Crippen molar-refractivity contribution >= 4 is 19.8 Å². The third-order valence-electron chi connectivity index (χ3n) is 1.78. The fourth-order valence-electron chi connectivity index (χ4n) is 0.858. The SMILES string of the molecule is CCC(=O)OCCOP(=O)(O)OCCOC(=O)CC. The van der Waals surface area contributed by atoms with Crippen LogP contribution < -0.4 is 0 Å². The third-order valence-corrected chi connectivity index (χ3v) is 2.80. The Bertz CT molecular complexity index is 301. The molecular weight excluding hydrogens is 279 g/mol. The highest BCUT2D eigenvalue weighted by atomic mass is 31.2. The minimum atomic E-state index is -4.21. The number of hydrogen-bond acceptors (Lipinski definition) is 7. The van der Waals surface area contributed by atoms with Gasteiger partial charge in [0.1, 0.15) is 13.2 Å². The summed E-state index contributed by atoms with van der Waals surface area (Å²) in [6.07, 6.45) is 0.437. The molecule has 0 amide bonds. The van der Waals surface area contributed by atoms with E-state index in [0.717, 1.165) is 0 Å². The summed E-state index contributed by atoms with van der Waals surface area (Å²) < 4.78 is 29.6. The standard InChI is InChI=1S/C10H19O8P/c1-3-9(11)15-5-7-17-19(13,14)18-8-6-16-10(12)4-2/h3-8H2,1-2H3,(H,13,14). The van der Waals surface area contributed by atoms with Gasteiger partial charge in [0, 0.05) is 12.8 Å². The van der Waals surface area contributed by atoms with Crippen LogP contribution in [0.1, 0.15) is 26.7 Å². The molecule has 0 saturated carbocycles. The number of rotatable bonds is 10. The Balaban J connectivity index is 3.66. The van der Waals surface area contributed by atoms with Gasteiger partial charge in [0.15, 0.2) is 0 Å². The molecule has 0 aromatic rings. The maximum absolute atomic E-state index is 11.3. The van der Waals surface area contributed by atoms with Crippen molar-refractivity contribution in [3.8, 4) is 0 Å². The zero-order valence-corrected chi connectivity index (χ0v) is 11.9. The van der Waals surface area contributed by atoms with E-state index in [1.54, 1.807) is 13.8 Å². The van der Waals surface area contributed by atoms with Crippen LogP contribution in [0.2, 0.25) is 0 Å². The molecule has 0 radical (unpaired) electrons. The van der Waals surface area contributed by atoms with Gasteiger partial charge in [0.05, 0.1) is 13.2 Å². The van der Waals surface area contributed by atoms with Gasteiger partial charge < -0.3 is 14.4 Å². The first kappa shape index (κ1) is 18.0. The largest absolute Gasteiger partial charge is 0.472 e. The van der Waals surface area contributed by atoms with E-state index >= 15 is 0 Å². The van der Waals surface area contributed by atoms with Gasteiger partial charge >= 0.3 is 19.8 Å². The molecule has 0 bridgehead atoms. The van der Waals surface area contributed by atoms with Crippen molar-refractivity contribution in [3.05, 3.63) is 0 Å². The molecule has 0 unspecified atom stereocenters. The summed E-state index contributed by atoms with van der Waals surface area (Å²) in [5.41, 5.74) is 0. The van der Waals surface area contributed by atoms with E-state index in [0.29, 0.717) is 0 Å². The van der Waals surface area contributed by atoms with Crippen molar-refractivity contribution in [2.45, 2.75) is 26.7 Å². The van der Waals surface area contributed by atoms with Crippen LogP contribution in [0.25, 0.3) is 0 Å². The molecule has 0 rings (SSSR count). The fourth-order valence-corrected chi connectivity index (χ4v) is 1.54. The summed E-state index contributed by atoms with van der Waals surface area (Å²) in [5.74, 6) is -0.854. The second-order valence-electron chi connectivity index (χ2n) is 3.28. The van der Waals surface area contributed by atoms with Crippen LogP contribution in [0.4, 0.5) is 0 Å². The zero-order valence-electron chi connectivity index (χ0n) is 11.0. The molecule has 0 aromatic carbocycles. The molecule has 9 heteroatoms. The maximum Gasteiger partial charge on any atom is 0.472 e. The van der Waals surface area contributed by atoms with Crippen LogP contribution in [0.15, 0.2) is 0 Å². The lowest BCUT2D eigenvalue weighted by Gasteiger charge is -2.12. The van der Waals surface area contributed by atoms with Crippen LogP contribution >= 0.6 is 7.82 Å². The minimum Gasteiger partial charge on any atom is -0.463 e. The number of carbonyl (C=O) groups is 2. The molecular formula is C10H19O8P. The van der Waals surface area contributed by atoms with Gasteiger partial charge in [-0.05, 0) is 0 Å². The first-order valence-electron chi connectivity index (χ1n) is 5.84. The summed E-state index contributed by atoms with van der Waals surface area (Å²) >= 11 is 0. The van der Waals surface area contributed by atoms with E-state index in [9.17, 15) is 19.0 Å². The minimum absolute atomic E-state index is 0.134. The van der Waals surface area contributed by atoms with Crippen molar-refractivity contribution in [3.63, 3.8) is 0 Å². The molecule has 0 aliphatic heterocycles. The number of ether oxygens (including phenoxy) is 2. The number of phosphoric acid groups is 1. The molecule has 0 saturated heterocycles. The first-order chi connectivity index (χ1) is 8.91. The number of esters is 2. The Kier molecular flexibility index (Phi) is 9.42. The van der Waals surface area contributed by atoms with Crippen LogP contribution in [0.5, 0.6) is 0 Å². The van der Waals surface area contributed by atoms with Gasteiger partial charge in [0.25, 0.3) is 0 Å². The van der Waals surface area contributed by atoms with Crippen molar-refractivity contribution in [2.75, 3.05) is 26.4 Å². The van der Waals surface area contributed by atoms with Crippen LogP contribution in [0.3, 0.4) is 0 Å². The second kappa shape index (κ2) is 9.91. The molecule has 0 aromatic heterocycles. The van der Waals surface area contributed by atoms with E-state index in [-0.39, 0.29) is 39.3 Å². The predicted molar refractivity (Wildman–Crippen MR) is 64.2 cm³/mol. The van der Waals surface area contributed by atoms with Gasteiger partial charge in [-0.2, -0.15) is 0 Å². The Labute approximate surface area is 111 Å². The normalized spacial score (nSPS) is 11.1. The molecule has 0 aliphatic rings. The number of phosphoric ester groups is 1. The van der Waals surface area contributed by atoms with Gasteiger partial charge in [-0.1, -0.05) is 13.8 Å². The van der Waals surface area contributed by atoms with Crippen molar-refractivity contribution in [1.29, 1.82) is 0 Å². The monoisotopic (exact) mass is 298 g/mol. The highest BCUT2D eigenvalue weighted by molar-refractivity contribution is 7.47. The molecule has 0 atom stereocenters. The van der Waals surface area contributed by atoms with Gasteiger partial charge in [-0.25, -0.2) is 4.57 Å². The van der Waals surface area contributed by atoms with Crippen molar-refractivity contribution < 1.29 is 37.6 Å². The van der Waals surface area contributed by atoms with E-state index in [2.05, 4.69) is 18.5 Å². The molecule has 112 valence electrons. The quantitative estimate of drug-likeness (QED) is 0.362. The fraction of sp³-hybridized carbons (Fsp3) is 0.800. The molecule has 0 fully saturated rings. The first-order valence-corrected chi connectivity index (χ1v) is 7.34. The van der Waals surface area contributed by atoms with E-state index in [1.165, 1.54) is 0 Å². The predicted octanol–water partition coefficient (Wildman–Crippen LogP) is 1.03. The van der Waals surface area contributed by atoms with E-state index in [4.69, 9.17) is 0 Å². The highest BCUT2D eigenvalue weighted by Gasteiger charge is 2.20. The lowest BCUT2D eigenvalue weighted by molar-refractivity contribution is -0.144. The Morgan fingerprint density at radius 2 is 1.26 bits per heavy atom. The van der Waals surface area contributed by atoms with E-state index < -0.39 is 19.8 Å². The smallest absolute Gasteiger partial charge is 0.463 e. The zero-order chi connectivity index (χ0) is 14.7. The Morgan fingerprint density at radius 1 is 0.895 bits per heavy atom. The molecule has 8 nitrogen and oxygen atoms in total. The van der Waals surface area contributed by atoms with Crippen LogP contribution in [0, 0.1) is 0 Å². The van der Waals surface area contributed by atoms with Crippen LogP contribution in [-0.4, -0.2) is 43.3 Å². The highest BCUT2D eigenvalue weighted by Crippen LogP contribution is 2.42. The van der Waals surface area contributed by atoms with Crippen molar-refractivity contribution in [1.82, 2.24) is 0 Å². The van der Waals surface area contributed by atoms with Crippen LogP contribution in [-0.2, 0) is 32.7 Å². The average molecular weight is 298 g/mol. The topological polar surface area (TPSA) is 108 Å². The molecule has 0 spiro atoms. The number of hydrogen-bond donors (Lipinski definition) is 1. The van der Waals surface area contributed by atoms with E-state index in [1.807, 2.05) is 0 Å². The van der Waals surface area contributed by atoms with Crippen molar-refractivity contribution in [2.24, 2.45) is 0 Å². The molecule has 0 heterocycles. The summed E-state index contributed by atoms with van der Waals surface area (Å²) in [7, 11) is -4.21. The van der Waals surface area contributed by atoms with Gasteiger partial charge in [-0.3, -0.25) is 18.6 Å². The molecule has 1 N–H and O–H groups in total. The maximum atomic E-state index is 11.3. The summed E-state index contributed by atoms with van der Waals surface area (Å²) in [6.45, 7) is 2.47. The summed E-state index contributed by atoms with van der Waals surface area (Å²) in [4.78, 5) is 30.7. The second-order valence-corrected chi connectivity index (χ2v) is 4.74. The summed E-state index contributed by atoms with van der Waals surface area (Å²) in [6, 6.07) is 0. The number of carbonyl (C=O) groups excluding carboxylic acids is 2. The van der Waals surface area contributed by atoms with Gasteiger partial charge in [0.2, 0.25) is 0 Å². The lowest BCUT2D eigenvalue weighted by atomic mass is 10.5. The van der Waals surface area contributed by atoms with Gasteiger partial charge in [-0.15, -0.1) is 0 Å².